The van der Waals surface area contributed by atoms with Crippen LogP contribution in [0.25, 0.3) is 6.08 Å². The Morgan fingerprint density at radius 2 is 1.81 bits per heavy atom. The van der Waals surface area contributed by atoms with Crippen LogP contribution in [-0.2, 0) is 4.79 Å². The smallest absolute Gasteiger partial charge is 0.261 e. The number of nitrogens with zero attached hydrogens (tertiary/aromatic N) is 2. The van der Waals surface area contributed by atoms with Crippen LogP contribution in [0.2, 0.25) is 0 Å². The van der Waals surface area contributed by atoms with Gasteiger partial charge in [-0.3, -0.25) is 4.79 Å². The van der Waals surface area contributed by atoms with E-state index in [1.54, 1.807) is 6.08 Å². The molecule has 21 heavy (non-hydrogen) atoms. The van der Waals surface area contributed by atoms with Crippen LogP contribution in [0.4, 0.5) is 5.69 Å². The van der Waals surface area contributed by atoms with Crippen molar-refractivity contribution in [2.45, 2.75) is 25.7 Å². The molecule has 0 atom stereocenters. The quantitative estimate of drug-likeness (QED) is 0.685. The molecule has 0 saturated carbocycles. The molecule has 1 heterocycles. The predicted molar refractivity (Wildman–Crippen MR) is 84.8 cm³/mol. The molecule has 1 aromatic rings. The third-order valence-electron chi connectivity index (χ3n) is 3.77. The van der Waals surface area contributed by atoms with Crippen LogP contribution < -0.4 is 10.2 Å². The number of carbonyl (C=O) groups excluding carboxylic acids is 1. The van der Waals surface area contributed by atoms with E-state index in [-0.39, 0.29) is 11.5 Å². The fraction of sp³-hybridized carbons (Fsp3) is 0.412. The Morgan fingerprint density at radius 3 is 2.33 bits per heavy atom. The molecule has 0 radical (unpaired) electrons. The zero-order valence-electron chi connectivity index (χ0n) is 12.4. The highest BCUT2D eigenvalue weighted by molar-refractivity contribution is 6.01. The van der Waals surface area contributed by atoms with Crippen LogP contribution in [0.3, 0.4) is 0 Å². The lowest BCUT2D eigenvalue weighted by Gasteiger charge is -2.22. The Balaban J connectivity index is 2.13. The molecule has 1 fully saturated rings. The summed E-state index contributed by atoms with van der Waals surface area (Å²) in [5.41, 5.74) is 2.21. The van der Waals surface area contributed by atoms with E-state index in [0.29, 0.717) is 0 Å². The SMILES string of the molecule is CNC(=O)/C(C#N)=C/c1ccc(N2CCCCCC2)cc1. The summed E-state index contributed by atoms with van der Waals surface area (Å²) in [6.07, 6.45) is 6.74. The summed E-state index contributed by atoms with van der Waals surface area (Å²) in [6.45, 7) is 2.22. The first-order valence-electron chi connectivity index (χ1n) is 7.43. The van der Waals surface area contributed by atoms with Crippen molar-refractivity contribution in [1.29, 1.82) is 5.26 Å². The third kappa shape index (κ3) is 4.09. The second-order valence-corrected chi connectivity index (χ2v) is 5.24. The van der Waals surface area contributed by atoms with Gasteiger partial charge in [-0.1, -0.05) is 25.0 Å². The molecule has 1 aromatic carbocycles. The lowest BCUT2D eigenvalue weighted by Crippen LogP contribution is -2.23. The van der Waals surface area contributed by atoms with Crippen molar-refractivity contribution in [3.05, 3.63) is 35.4 Å². The van der Waals surface area contributed by atoms with E-state index in [4.69, 9.17) is 5.26 Å². The van der Waals surface area contributed by atoms with Gasteiger partial charge in [-0.15, -0.1) is 0 Å². The number of carbonyl (C=O) groups is 1. The minimum atomic E-state index is -0.353. The molecule has 0 spiro atoms. The summed E-state index contributed by atoms with van der Waals surface area (Å²) in [5.74, 6) is -0.353. The first kappa shape index (κ1) is 15.1. The number of hydrogen-bond donors (Lipinski definition) is 1. The highest BCUT2D eigenvalue weighted by Gasteiger charge is 2.10. The van der Waals surface area contributed by atoms with Crippen molar-refractivity contribution in [1.82, 2.24) is 5.32 Å². The fourth-order valence-corrected chi connectivity index (χ4v) is 2.56. The molecule has 0 aliphatic carbocycles. The molecule has 1 aliphatic rings. The topological polar surface area (TPSA) is 56.1 Å². The summed E-state index contributed by atoms with van der Waals surface area (Å²) >= 11 is 0. The predicted octanol–water partition coefficient (Wildman–Crippen LogP) is 2.72. The normalized spacial score (nSPS) is 16.0. The number of nitrogens with one attached hydrogen (secondary N) is 1. The molecule has 4 nitrogen and oxygen atoms in total. The number of amides is 1. The molecule has 4 heteroatoms. The van der Waals surface area contributed by atoms with E-state index in [1.165, 1.54) is 38.4 Å². The second-order valence-electron chi connectivity index (χ2n) is 5.24. The molecule has 0 unspecified atom stereocenters. The van der Waals surface area contributed by atoms with E-state index < -0.39 is 0 Å². The van der Waals surface area contributed by atoms with Crippen molar-refractivity contribution in [3.63, 3.8) is 0 Å². The van der Waals surface area contributed by atoms with Gasteiger partial charge in [0.05, 0.1) is 0 Å². The van der Waals surface area contributed by atoms with Gasteiger partial charge in [0, 0.05) is 25.8 Å². The Kier molecular flexibility index (Phi) is 5.39. The molecule has 2 rings (SSSR count). The van der Waals surface area contributed by atoms with Crippen LogP contribution in [0.15, 0.2) is 29.8 Å². The van der Waals surface area contributed by atoms with Crippen LogP contribution in [0.1, 0.15) is 31.2 Å². The van der Waals surface area contributed by atoms with Crippen LogP contribution in [-0.4, -0.2) is 26.0 Å². The molecule has 1 saturated heterocycles. The Hall–Kier alpha value is -2.28. The third-order valence-corrected chi connectivity index (χ3v) is 3.77. The maximum absolute atomic E-state index is 11.5. The highest BCUT2D eigenvalue weighted by Crippen LogP contribution is 2.20. The van der Waals surface area contributed by atoms with Gasteiger partial charge >= 0.3 is 0 Å². The first-order valence-corrected chi connectivity index (χ1v) is 7.43. The van der Waals surface area contributed by atoms with Crippen molar-refractivity contribution in [2.75, 3.05) is 25.0 Å². The molecule has 0 aromatic heterocycles. The van der Waals surface area contributed by atoms with E-state index in [1.807, 2.05) is 18.2 Å². The largest absolute Gasteiger partial charge is 0.372 e. The number of hydrogen-bond acceptors (Lipinski definition) is 3. The maximum Gasteiger partial charge on any atom is 0.261 e. The highest BCUT2D eigenvalue weighted by atomic mass is 16.1. The number of benzene rings is 1. The molecule has 110 valence electrons. The molecular weight excluding hydrogens is 262 g/mol. The number of nitriles is 1. The number of likely N-dealkylation sites (N-methyl/N-ethyl adjacent to an activating group) is 1. The lowest BCUT2D eigenvalue weighted by molar-refractivity contribution is -0.116. The molecule has 1 amide bonds. The van der Waals surface area contributed by atoms with Gasteiger partial charge in [0.15, 0.2) is 0 Å². The minimum Gasteiger partial charge on any atom is -0.372 e. The van der Waals surface area contributed by atoms with Gasteiger partial charge < -0.3 is 10.2 Å². The minimum absolute atomic E-state index is 0.125. The molecule has 1 N–H and O–H groups in total. The van der Waals surface area contributed by atoms with E-state index >= 15 is 0 Å². The van der Waals surface area contributed by atoms with Crippen molar-refractivity contribution >= 4 is 17.7 Å². The zero-order chi connectivity index (χ0) is 15.1. The van der Waals surface area contributed by atoms with Gasteiger partial charge in [0.2, 0.25) is 0 Å². The summed E-state index contributed by atoms with van der Waals surface area (Å²) in [4.78, 5) is 13.9. The summed E-state index contributed by atoms with van der Waals surface area (Å²) in [5, 5.41) is 11.5. The fourth-order valence-electron chi connectivity index (χ4n) is 2.56. The second kappa shape index (κ2) is 7.49. The monoisotopic (exact) mass is 283 g/mol. The molecule has 0 bridgehead atoms. The Labute approximate surface area is 126 Å². The summed E-state index contributed by atoms with van der Waals surface area (Å²) in [7, 11) is 1.52. The maximum atomic E-state index is 11.5. The van der Waals surface area contributed by atoms with E-state index in [0.717, 1.165) is 18.7 Å². The van der Waals surface area contributed by atoms with Gasteiger partial charge in [-0.25, -0.2) is 0 Å². The number of rotatable bonds is 3. The standard InChI is InChI=1S/C17H21N3O/c1-19-17(21)15(13-18)12-14-6-8-16(9-7-14)20-10-4-2-3-5-11-20/h6-9,12H,2-5,10-11H2,1H3,(H,19,21)/b15-12+. The molecular formula is C17H21N3O. The van der Waals surface area contributed by atoms with Crippen molar-refractivity contribution < 1.29 is 4.79 Å². The Morgan fingerprint density at radius 1 is 1.19 bits per heavy atom. The first-order chi connectivity index (χ1) is 10.2. The lowest BCUT2D eigenvalue weighted by atomic mass is 10.1. The number of anilines is 1. The summed E-state index contributed by atoms with van der Waals surface area (Å²) < 4.78 is 0. The van der Waals surface area contributed by atoms with Crippen LogP contribution in [0.5, 0.6) is 0 Å². The van der Waals surface area contributed by atoms with Gasteiger partial charge in [-0.05, 0) is 36.6 Å². The summed E-state index contributed by atoms with van der Waals surface area (Å²) in [6, 6.07) is 9.97. The van der Waals surface area contributed by atoms with Gasteiger partial charge in [0.1, 0.15) is 11.6 Å². The van der Waals surface area contributed by atoms with E-state index in [9.17, 15) is 4.79 Å². The Bertz CT molecular complexity index is 546. The average molecular weight is 283 g/mol. The van der Waals surface area contributed by atoms with Crippen LogP contribution >= 0.6 is 0 Å². The average Bonchev–Trinajstić information content (AvgIpc) is 2.81. The van der Waals surface area contributed by atoms with E-state index in [2.05, 4.69) is 22.3 Å². The zero-order valence-corrected chi connectivity index (χ0v) is 12.4. The van der Waals surface area contributed by atoms with Gasteiger partial charge in [-0.2, -0.15) is 5.26 Å². The molecule has 1 aliphatic heterocycles. The van der Waals surface area contributed by atoms with Crippen molar-refractivity contribution in [2.24, 2.45) is 0 Å². The van der Waals surface area contributed by atoms with Crippen LogP contribution in [0, 0.1) is 11.3 Å². The van der Waals surface area contributed by atoms with Crippen molar-refractivity contribution in [3.8, 4) is 6.07 Å². The van der Waals surface area contributed by atoms with Gasteiger partial charge in [0.25, 0.3) is 5.91 Å².